The Kier molecular flexibility index (Phi) is 6.09. The Bertz CT molecular complexity index is 487. The maximum atomic E-state index is 11.5. The van der Waals surface area contributed by atoms with Gasteiger partial charge in [0.15, 0.2) is 0 Å². The van der Waals surface area contributed by atoms with E-state index in [1.807, 2.05) is 25.1 Å². The van der Waals surface area contributed by atoms with Gasteiger partial charge in [0.2, 0.25) is 5.91 Å². The van der Waals surface area contributed by atoms with E-state index in [1.54, 1.807) is 24.3 Å². The summed E-state index contributed by atoms with van der Waals surface area (Å²) in [5.41, 5.74) is 1.62. The Balaban J connectivity index is 2.52. The molecule has 0 aliphatic carbocycles. The second-order valence-electron chi connectivity index (χ2n) is 3.96. The molecule has 1 aromatic carbocycles. The van der Waals surface area contributed by atoms with Crippen molar-refractivity contribution in [2.24, 2.45) is 0 Å². The van der Waals surface area contributed by atoms with Gasteiger partial charge in [-0.3, -0.25) is 9.59 Å². The van der Waals surface area contributed by atoms with E-state index in [0.29, 0.717) is 12.1 Å². The summed E-state index contributed by atoms with van der Waals surface area (Å²) in [6.45, 7) is 1.87. The molecule has 2 N–H and O–H groups in total. The van der Waals surface area contributed by atoms with Gasteiger partial charge in [-0.1, -0.05) is 30.4 Å². The zero-order chi connectivity index (χ0) is 14.1. The highest BCUT2D eigenvalue weighted by Crippen LogP contribution is 2.11. The molecule has 0 radical (unpaired) electrons. The first-order chi connectivity index (χ1) is 9.11. The van der Waals surface area contributed by atoms with Crippen molar-refractivity contribution in [1.82, 2.24) is 0 Å². The number of rotatable bonds is 6. The molecule has 0 spiro atoms. The summed E-state index contributed by atoms with van der Waals surface area (Å²) in [5.74, 6) is -1.01. The number of amides is 1. The largest absolute Gasteiger partial charge is 0.481 e. The Morgan fingerprint density at radius 3 is 2.47 bits per heavy atom. The van der Waals surface area contributed by atoms with Crippen LogP contribution in [0.2, 0.25) is 0 Å². The number of carboxylic acid groups (broad SMARTS) is 1. The summed E-state index contributed by atoms with van der Waals surface area (Å²) in [6.07, 6.45) is 7.31. The topological polar surface area (TPSA) is 66.4 Å². The summed E-state index contributed by atoms with van der Waals surface area (Å²) >= 11 is 0. The molecule has 4 heteroatoms. The smallest absolute Gasteiger partial charge is 0.303 e. The molecular formula is C15H17NO3. The molecule has 19 heavy (non-hydrogen) atoms. The van der Waals surface area contributed by atoms with Crippen molar-refractivity contribution in [2.45, 2.75) is 19.8 Å². The summed E-state index contributed by atoms with van der Waals surface area (Å²) in [5, 5.41) is 11.3. The molecule has 0 saturated carbocycles. The summed E-state index contributed by atoms with van der Waals surface area (Å²) < 4.78 is 0. The highest BCUT2D eigenvalue weighted by molar-refractivity contribution is 5.99. The first kappa shape index (κ1) is 14.7. The van der Waals surface area contributed by atoms with Crippen LogP contribution in [0.25, 0.3) is 0 Å². The van der Waals surface area contributed by atoms with Gasteiger partial charge >= 0.3 is 5.97 Å². The third-order valence-corrected chi connectivity index (χ3v) is 2.40. The second-order valence-corrected chi connectivity index (χ2v) is 3.96. The Morgan fingerprint density at radius 2 is 1.89 bits per heavy atom. The summed E-state index contributed by atoms with van der Waals surface area (Å²) in [6, 6.07) is 7.15. The normalized spacial score (nSPS) is 11.0. The molecule has 0 bridgehead atoms. The minimum atomic E-state index is -0.813. The monoisotopic (exact) mass is 259 g/mol. The summed E-state index contributed by atoms with van der Waals surface area (Å²) in [4.78, 5) is 21.9. The molecule has 4 nitrogen and oxygen atoms in total. The van der Waals surface area contributed by atoms with Crippen LogP contribution in [0.4, 0.5) is 5.69 Å². The van der Waals surface area contributed by atoms with Gasteiger partial charge in [0, 0.05) is 18.2 Å². The van der Waals surface area contributed by atoms with Gasteiger partial charge in [-0.15, -0.1) is 0 Å². The molecule has 0 atom stereocenters. The molecular weight excluding hydrogens is 242 g/mol. The number of carbonyl (C=O) groups is 2. The molecule has 1 amide bonds. The molecule has 0 aliphatic rings. The van der Waals surface area contributed by atoms with E-state index >= 15 is 0 Å². The number of anilines is 1. The lowest BCUT2D eigenvalue weighted by molar-refractivity contribution is -0.137. The predicted molar refractivity (Wildman–Crippen MR) is 75.0 cm³/mol. The third-order valence-electron chi connectivity index (χ3n) is 2.40. The number of allylic oxidation sites excluding steroid dienone is 3. The first-order valence-corrected chi connectivity index (χ1v) is 6.03. The van der Waals surface area contributed by atoms with Crippen LogP contribution in [0.15, 0.2) is 48.6 Å². The molecule has 0 saturated heterocycles. The molecule has 0 fully saturated rings. The fraction of sp³-hybridized carbons (Fsp3) is 0.200. The van der Waals surface area contributed by atoms with E-state index in [-0.39, 0.29) is 12.3 Å². The Hall–Kier alpha value is -2.36. The van der Waals surface area contributed by atoms with E-state index < -0.39 is 5.97 Å². The highest BCUT2D eigenvalue weighted by atomic mass is 16.4. The van der Waals surface area contributed by atoms with E-state index in [4.69, 9.17) is 5.11 Å². The molecule has 1 aromatic rings. The number of aliphatic carboxylic acids is 1. The first-order valence-electron chi connectivity index (χ1n) is 6.03. The molecule has 1 rings (SSSR count). The molecule has 0 aromatic heterocycles. The van der Waals surface area contributed by atoms with Crippen molar-refractivity contribution in [2.75, 3.05) is 5.32 Å². The van der Waals surface area contributed by atoms with E-state index in [9.17, 15) is 9.59 Å². The molecule has 0 heterocycles. The maximum Gasteiger partial charge on any atom is 0.303 e. The van der Waals surface area contributed by atoms with Crippen LogP contribution in [-0.2, 0) is 16.0 Å². The zero-order valence-electron chi connectivity index (χ0n) is 10.8. The lowest BCUT2D eigenvalue weighted by Crippen LogP contribution is -2.07. The van der Waals surface area contributed by atoms with Gasteiger partial charge in [0.25, 0.3) is 0 Å². The van der Waals surface area contributed by atoms with Crippen molar-refractivity contribution in [3.8, 4) is 0 Å². The number of aryl methyl sites for hydroxylation is 1. The molecule has 0 aliphatic heterocycles. The van der Waals surface area contributed by atoms with Crippen LogP contribution < -0.4 is 5.32 Å². The van der Waals surface area contributed by atoms with Gasteiger partial charge in [-0.25, -0.2) is 0 Å². The van der Waals surface area contributed by atoms with Gasteiger partial charge in [0.05, 0.1) is 0 Å². The zero-order valence-corrected chi connectivity index (χ0v) is 10.8. The molecule has 0 unspecified atom stereocenters. The fourth-order valence-corrected chi connectivity index (χ4v) is 1.44. The third kappa shape index (κ3) is 6.21. The highest BCUT2D eigenvalue weighted by Gasteiger charge is 2.00. The van der Waals surface area contributed by atoms with Crippen LogP contribution >= 0.6 is 0 Å². The van der Waals surface area contributed by atoms with E-state index in [2.05, 4.69) is 5.32 Å². The summed E-state index contributed by atoms with van der Waals surface area (Å²) in [7, 11) is 0. The van der Waals surface area contributed by atoms with Crippen molar-refractivity contribution in [3.63, 3.8) is 0 Å². The van der Waals surface area contributed by atoms with Crippen molar-refractivity contribution in [1.29, 1.82) is 0 Å². The number of benzene rings is 1. The van der Waals surface area contributed by atoms with Crippen LogP contribution in [-0.4, -0.2) is 17.0 Å². The van der Waals surface area contributed by atoms with E-state index in [1.165, 1.54) is 6.08 Å². The number of nitrogens with one attached hydrogen (secondary N) is 1. The van der Waals surface area contributed by atoms with Gasteiger partial charge in [0.1, 0.15) is 0 Å². The maximum absolute atomic E-state index is 11.5. The van der Waals surface area contributed by atoms with Crippen LogP contribution in [0, 0.1) is 0 Å². The lowest BCUT2D eigenvalue weighted by Gasteiger charge is -2.03. The number of carbonyl (C=O) groups excluding carboxylic acids is 1. The number of hydrogen-bond donors (Lipinski definition) is 2. The minimum Gasteiger partial charge on any atom is -0.481 e. The van der Waals surface area contributed by atoms with Crippen molar-refractivity contribution in [3.05, 3.63) is 54.1 Å². The lowest BCUT2D eigenvalue weighted by atomic mass is 10.1. The minimum absolute atomic E-state index is 0.109. The quantitative estimate of drug-likeness (QED) is 0.609. The SMILES string of the molecule is C/C=C/C=C/C(=O)Nc1ccc(CCC(=O)O)cc1. The van der Waals surface area contributed by atoms with Gasteiger partial charge in [-0.05, 0) is 31.0 Å². The van der Waals surface area contributed by atoms with Gasteiger partial charge in [-0.2, -0.15) is 0 Å². The van der Waals surface area contributed by atoms with Crippen molar-refractivity contribution < 1.29 is 14.7 Å². The second kappa shape index (κ2) is 7.87. The average molecular weight is 259 g/mol. The van der Waals surface area contributed by atoms with Crippen LogP contribution in [0.1, 0.15) is 18.9 Å². The predicted octanol–water partition coefficient (Wildman–Crippen LogP) is 2.77. The van der Waals surface area contributed by atoms with Crippen LogP contribution in [0.3, 0.4) is 0 Å². The number of hydrogen-bond acceptors (Lipinski definition) is 2. The van der Waals surface area contributed by atoms with Crippen molar-refractivity contribution >= 4 is 17.6 Å². The standard InChI is InChI=1S/C15H17NO3/c1-2-3-4-5-14(17)16-13-9-6-12(7-10-13)8-11-15(18)19/h2-7,9-10H,8,11H2,1H3,(H,16,17)(H,18,19)/b3-2+,5-4+. The van der Waals surface area contributed by atoms with Gasteiger partial charge < -0.3 is 10.4 Å². The van der Waals surface area contributed by atoms with Crippen LogP contribution in [0.5, 0.6) is 0 Å². The Labute approximate surface area is 112 Å². The molecule has 100 valence electrons. The number of carboxylic acids is 1. The fourth-order valence-electron chi connectivity index (χ4n) is 1.44. The Morgan fingerprint density at radius 1 is 1.21 bits per heavy atom. The average Bonchev–Trinajstić information content (AvgIpc) is 2.38. The van der Waals surface area contributed by atoms with E-state index in [0.717, 1.165) is 5.56 Å².